The third kappa shape index (κ3) is 5.54. The molecule has 1 heterocycles. The van der Waals surface area contributed by atoms with Crippen LogP contribution in [-0.2, 0) is 14.3 Å². The van der Waals surface area contributed by atoms with Crippen molar-refractivity contribution in [2.45, 2.75) is 0 Å². The zero-order chi connectivity index (χ0) is 16.7. The molecule has 1 amide bonds. The van der Waals surface area contributed by atoms with Crippen LogP contribution in [0.4, 0.5) is 5.69 Å². The third-order valence-electron chi connectivity index (χ3n) is 3.79. The summed E-state index contributed by atoms with van der Waals surface area (Å²) in [5, 5.41) is 2.87. The Labute approximate surface area is 136 Å². The Bertz CT molecular complexity index is 525. The van der Waals surface area contributed by atoms with Crippen molar-refractivity contribution >= 4 is 17.6 Å². The summed E-state index contributed by atoms with van der Waals surface area (Å²) in [5.41, 5.74) is 0.750. The molecule has 0 bridgehead atoms. The predicted octanol–water partition coefficient (Wildman–Crippen LogP) is 0.424. The van der Waals surface area contributed by atoms with Crippen LogP contribution in [0.15, 0.2) is 24.3 Å². The smallest absolute Gasteiger partial charge is 0.319 e. The van der Waals surface area contributed by atoms with E-state index in [1.54, 1.807) is 19.2 Å². The van der Waals surface area contributed by atoms with E-state index >= 15 is 0 Å². The van der Waals surface area contributed by atoms with E-state index in [1.807, 2.05) is 17.0 Å². The number of hydrogen-bond donors (Lipinski definition) is 1. The summed E-state index contributed by atoms with van der Waals surface area (Å²) in [6.07, 6.45) is 0. The largest absolute Gasteiger partial charge is 0.497 e. The monoisotopic (exact) mass is 321 g/mol. The van der Waals surface area contributed by atoms with Crippen LogP contribution in [0.25, 0.3) is 0 Å². The summed E-state index contributed by atoms with van der Waals surface area (Å²) in [5.74, 6) is 0.483. The number of amides is 1. The Morgan fingerprint density at radius 2 is 1.57 bits per heavy atom. The zero-order valence-electron chi connectivity index (χ0n) is 13.6. The first-order chi connectivity index (χ1) is 11.1. The van der Waals surface area contributed by atoms with Crippen molar-refractivity contribution in [3.05, 3.63) is 24.3 Å². The van der Waals surface area contributed by atoms with E-state index in [9.17, 15) is 9.59 Å². The molecule has 1 aromatic rings. The van der Waals surface area contributed by atoms with Crippen LogP contribution in [-0.4, -0.2) is 75.2 Å². The molecule has 1 saturated heterocycles. The molecular formula is C16H23N3O4. The number of hydrogen-bond acceptors (Lipinski definition) is 6. The average molecular weight is 321 g/mol. The lowest BCUT2D eigenvalue weighted by atomic mass is 10.3. The highest BCUT2D eigenvalue weighted by molar-refractivity contribution is 5.92. The van der Waals surface area contributed by atoms with Gasteiger partial charge in [0.05, 0.1) is 27.3 Å². The van der Waals surface area contributed by atoms with Gasteiger partial charge in [0.2, 0.25) is 5.91 Å². The number of nitrogens with zero attached hydrogens (tertiary/aromatic N) is 2. The molecule has 0 spiro atoms. The van der Waals surface area contributed by atoms with E-state index < -0.39 is 0 Å². The van der Waals surface area contributed by atoms with Gasteiger partial charge in [-0.1, -0.05) is 0 Å². The van der Waals surface area contributed by atoms with Crippen molar-refractivity contribution in [3.8, 4) is 5.75 Å². The van der Waals surface area contributed by atoms with Gasteiger partial charge in [0.25, 0.3) is 0 Å². The van der Waals surface area contributed by atoms with E-state index in [4.69, 9.17) is 4.74 Å². The highest BCUT2D eigenvalue weighted by atomic mass is 16.5. The summed E-state index contributed by atoms with van der Waals surface area (Å²) in [6.45, 7) is 3.68. The van der Waals surface area contributed by atoms with Gasteiger partial charge in [0, 0.05) is 31.9 Å². The third-order valence-corrected chi connectivity index (χ3v) is 3.79. The summed E-state index contributed by atoms with van der Waals surface area (Å²) >= 11 is 0. The van der Waals surface area contributed by atoms with Crippen molar-refractivity contribution in [2.75, 3.05) is 58.8 Å². The minimum absolute atomic E-state index is 0.0448. The quantitative estimate of drug-likeness (QED) is 0.766. The molecule has 1 N–H and O–H groups in total. The van der Waals surface area contributed by atoms with E-state index in [0.717, 1.165) is 37.6 Å². The number of carbonyl (C=O) groups is 2. The van der Waals surface area contributed by atoms with Gasteiger partial charge in [0.15, 0.2) is 0 Å². The van der Waals surface area contributed by atoms with Crippen molar-refractivity contribution in [1.29, 1.82) is 0 Å². The Morgan fingerprint density at radius 3 is 2.09 bits per heavy atom. The number of carbonyl (C=O) groups excluding carboxylic acids is 2. The highest BCUT2D eigenvalue weighted by Crippen LogP contribution is 2.15. The molecule has 0 atom stereocenters. The molecule has 1 aromatic carbocycles. The van der Waals surface area contributed by atoms with Crippen molar-refractivity contribution < 1.29 is 19.1 Å². The van der Waals surface area contributed by atoms with E-state index in [2.05, 4.69) is 15.0 Å². The lowest BCUT2D eigenvalue weighted by Gasteiger charge is -2.33. The molecular weight excluding hydrogens is 298 g/mol. The number of anilines is 1. The number of benzene rings is 1. The number of esters is 1. The van der Waals surface area contributed by atoms with E-state index in [-0.39, 0.29) is 11.9 Å². The van der Waals surface area contributed by atoms with Crippen LogP contribution in [0.2, 0.25) is 0 Å². The molecule has 1 fully saturated rings. The number of methoxy groups -OCH3 is 2. The molecule has 0 unspecified atom stereocenters. The fraction of sp³-hybridized carbons (Fsp3) is 0.500. The summed E-state index contributed by atoms with van der Waals surface area (Å²) in [6, 6.07) is 7.23. The van der Waals surface area contributed by atoms with Gasteiger partial charge >= 0.3 is 5.97 Å². The SMILES string of the molecule is COC(=O)CN1CCN(CC(=O)Nc2ccc(OC)cc2)CC1. The van der Waals surface area contributed by atoms with Gasteiger partial charge in [-0.05, 0) is 24.3 Å². The number of nitrogens with one attached hydrogen (secondary N) is 1. The molecule has 0 saturated carbocycles. The van der Waals surface area contributed by atoms with E-state index in [1.165, 1.54) is 7.11 Å². The average Bonchev–Trinajstić information content (AvgIpc) is 2.57. The second kappa shape index (κ2) is 8.50. The first-order valence-corrected chi connectivity index (χ1v) is 7.56. The maximum absolute atomic E-state index is 12.1. The number of piperazine rings is 1. The molecule has 23 heavy (non-hydrogen) atoms. The fourth-order valence-corrected chi connectivity index (χ4v) is 2.43. The normalized spacial score (nSPS) is 15.9. The Morgan fingerprint density at radius 1 is 1.00 bits per heavy atom. The first-order valence-electron chi connectivity index (χ1n) is 7.56. The molecule has 126 valence electrons. The van der Waals surface area contributed by atoms with Crippen molar-refractivity contribution in [2.24, 2.45) is 0 Å². The minimum atomic E-state index is -0.226. The fourth-order valence-electron chi connectivity index (χ4n) is 2.43. The topological polar surface area (TPSA) is 71.1 Å². The number of rotatable bonds is 6. The Kier molecular flexibility index (Phi) is 6.37. The molecule has 0 radical (unpaired) electrons. The molecule has 7 nitrogen and oxygen atoms in total. The molecule has 1 aliphatic rings. The van der Waals surface area contributed by atoms with Crippen LogP contribution in [0.1, 0.15) is 0 Å². The van der Waals surface area contributed by atoms with Crippen LogP contribution in [0.3, 0.4) is 0 Å². The van der Waals surface area contributed by atoms with E-state index in [0.29, 0.717) is 13.1 Å². The van der Waals surface area contributed by atoms with Crippen LogP contribution < -0.4 is 10.1 Å². The highest BCUT2D eigenvalue weighted by Gasteiger charge is 2.20. The lowest BCUT2D eigenvalue weighted by molar-refractivity contribution is -0.142. The molecule has 0 aromatic heterocycles. The lowest BCUT2D eigenvalue weighted by Crippen LogP contribution is -2.49. The standard InChI is InChI=1S/C16H23N3O4/c1-22-14-5-3-13(4-6-14)17-15(20)11-18-7-9-19(10-8-18)12-16(21)23-2/h3-6H,7-12H2,1-2H3,(H,17,20). The molecule has 0 aliphatic carbocycles. The van der Waals surface area contributed by atoms with Gasteiger partial charge in [0.1, 0.15) is 5.75 Å². The zero-order valence-corrected chi connectivity index (χ0v) is 13.6. The van der Waals surface area contributed by atoms with Crippen LogP contribution >= 0.6 is 0 Å². The summed E-state index contributed by atoms with van der Waals surface area (Å²) in [7, 11) is 3.00. The van der Waals surface area contributed by atoms with Crippen molar-refractivity contribution in [1.82, 2.24) is 9.80 Å². The van der Waals surface area contributed by atoms with Crippen LogP contribution in [0.5, 0.6) is 5.75 Å². The second-order valence-electron chi connectivity index (χ2n) is 5.41. The summed E-state index contributed by atoms with van der Waals surface area (Å²) < 4.78 is 9.74. The molecule has 1 aliphatic heterocycles. The molecule has 2 rings (SSSR count). The Hall–Kier alpha value is -2.12. The maximum atomic E-state index is 12.1. The van der Waals surface area contributed by atoms with Gasteiger partial charge in [-0.3, -0.25) is 19.4 Å². The predicted molar refractivity (Wildman–Crippen MR) is 86.5 cm³/mol. The van der Waals surface area contributed by atoms with Gasteiger partial charge in [-0.25, -0.2) is 0 Å². The molecule has 7 heteroatoms. The number of ether oxygens (including phenoxy) is 2. The maximum Gasteiger partial charge on any atom is 0.319 e. The van der Waals surface area contributed by atoms with Gasteiger partial charge < -0.3 is 14.8 Å². The second-order valence-corrected chi connectivity index (χ2v) is 5.41. The van der Waals surface area contributed by atoms with Crippen molar-refractivity contribution in [3.63, 3.8) is 0 Å². The van der Waals surface area contributed by atoms with Gasteiger partial charge in [-0.15, -0.1) is 0 Å². The van der Waals surface area contributed by atoms with Crippen LogP contribution in [0, 0.1) is 0 Å². The Balaban J connectivity index is 1.72. The minimum Gasteiger partial charge on any atom is -0.497 e. The first kappa shape index (κ1) is 17.2. The summed E-state index contributed by atoms with van der Waals surface area (Å²) in [4.78, 5) is 27.4. The van der Waals surface area contributed by atoms with Gasteiger partial charge in [-0.2, -0.15) is 0 Å².